The van der Waals surface area contributed by atoms with Crippen LogP contribution in [-0.2, 0) is 36.8 Å². The fourth-order valence-corrected chi connectivity index (χ4v) is 6.38. The molecule has 1 aliphatic rings. The van der Waals surface area contributed by atoms with Gasteiger partial charge in [-0.3, -0.25) is 24.0 Å². The highest BCUT2D eigenvalue weighted by Gasteiger charge is 2.35. The molecule has 0 spiro atoms. The van der Waals surface area contributed by atoms with Crippen LogP contribution >= 0.6 is 11.8 Å². The molecule has 1 aliphatic heterocycles. The maximum absolute atomic E-state index is 13.8. The van der Waals surface area contributed by atoms with E-state index in [1.165, 1.54) is 16.7 Å². The van der Waals surface area contributed by atoms with Crippen molar-refractivity contribution in [2.75, 3.05) is 25.4 Å². The second-order valence-electron chi connectivity index (χ2n) is 12.2. The third-order valence-electron chi connectivity index (χ3n) is 7.86. The summed E-state index contributed by atoms with van der Waals surface area (Å²) in [5.41, 5.74) is 13.6. The lowest BCUT2D eigenvalue weighted by atomic mass is 9.99. The fourth-order valence-electron chi connectivity index (χ4n) is 5.34. The van der Waals surface area contributed by atoms with E-state index < -0.39 is 53.1 Å². The lowest BCUT2D eigenvalue weighted by Crippen LogP contribution is -2.59. The van der Waals surface area contributed by atoms with Crippen LogP contribution in [0.2, 0.25) is 0 Å². The van der Waals surface area contributed by atoms with E-state index in [0.29, 0.717) is 25.3 Å². The molecule has 0 unspecified atom stereocenters. The predicted molar refractivity (Wildman–Crippen MR) is 182 cm³/mol. The number of nitrogens with zero attached hydrogens (tertiary/aromatic N) is 1. The van der Waals surface area contributed by atoms with Crippen molar-refractivity contribution in [3.63, 3.8) is 0 Å². The summed E-state index contributed by atoms with van der Waals surface area (Å²) in [5, 5.41) is 17.2. The largest absolute Gasteiger partial charge is 0.480 e. The van der Waals surface area contributed by atoms with Crippen LogP contribution in [0.1, 0.15) is 44.2 Å². The van der Waals surface area contributed by atoms with Gasteiger partial charge < -0.3 is 37.4 Å². The first-order chi connectivity index (χ1) is 22.5. The van der Waals surface area contributed by atoms with E-state index in [0.717, 1.165) is 11.1 Å². The molecular weight excluding hydrogens is 620 g/mol. The van der Waals surface area contributed by atoms with Gasteiger partial charge in [0, 0.05) is 25.3 Å². The lowest BCUT2D eigenvalue weighted by Gasteiger charge is -2.34. The molecule has 8 N–H and O–H groups in total. The molecule has 2 aromatic rings. The number of carboxylic acids is 1. The first kappa shape index (κ1) is 37.5. The zero-order valence-corrected chi connectivity index (χ0v) is 27.9. The molecule has 0 aromatic heterocycles. The lowest BCUT2D eigenvalue weighted by molar-refractivity contribution is -0.140. The van der Waals surface area contributed by atoms with Crippen molar-refractivity contribution < 1.29 is 29.1 Å². The molecule has 1 fully saturated rings. The topological polar surface area (TPSA) is 197 Å². The molecule has 1 saturated heterocycles. The molecule has 0 bridgehead atoms. The molecule has 47 heavy (non-hydrogen) atoms. The van der Waals surface area contributed by atoms with Gasteiger partial charge in [-0.05, 0) is 49.3 Å². The SMILES string of the molecule is CC(C)C[C@@H](NC(=O)[C@@H](Cc1ccccc1)NC(=O)[C@H](N)Cc1ccccc1)C(=O)N[C@H](CCCN)C(=O)N1CCS[C@@H](C(=O)O)C1. The molecule has 13 heteroatoms. The first-order valence-corrected chi connectivity index (χ1v) is 17.1. The van der Waals surface area contributed by atoms with E-state index in [-0.39, 0.29) is 44.1 Å². The van der Waals surface area contributed by atoms with Crippen LogP contribution in [0.3, 0.4) is 0 Å². The summed E-state index contributed by atoms with van der Waals surface area (Å²) in [4.78, 5) is 67.3. The van der Waals surface area contributed by atoms with Crippen LogP contribution < -0.4 is 27.4 Å². The molecule has 0 aliphatic carbocycles. The number of thioether (sulfide) groups is 1. The van der Waals surface area contributed by atoms with E-state index in [2.05, 4.69) is 16.0 Å². The van der Waals surface area contributed by atoms with Crippen LogP contribution in [0.5, 0.6) is 0 Å². The average Bonchev–Trinajstić information content (AvgIpc) is 3.06. The van der Waals surface area contributed by atoms with Crippen molar-refractivity contribution in [1.82, 2.24) is 20.9 Å². The maximum atomic E-state index is 13.8. The minimum absolute atomic E-state index is 0.00106. The Morgan fingerprint density at radius 2 is 1.40 bits per heavy atom. The number of carbonyl (C=O) groups excluding carboxylic acids is 4. The third-order valence-corrected chi connectivity index (χ3v) is 9.03. The zero-order chi connectivity index (χ0) is 34.3. The van der Waals surface area contributed by atoms with Crippen molar-refractivity contribution in [2.45, 2.75) is 75.4 Å². The van der Waals surface area contributed by atoms with Crippen molar-refractivity contribution in [1.29, 1.82) is 0 Å². The molecule has 256 valence electrons. The van der Waals surface area contributed by atoms with Gasteiger partial charge in [-0.1, -0.05) is 74.5 Å². The molecule has 5 atom stereocenters. The van der Waals surface area contributed by atoms with E-state index in [4.69, 9.17) is 11.5 Å². The molecule has 12 nitrogen and oxygen atoms in total. The highest BCUT2D eigenvalue weighted by molar-refractivity contribution is 8.00. The molecule has 1 heterocycles. The summed E-state index contributed by atoms with van der Waals surface area (Å²) >= 11 is 1.28. The molecule has 0 radical (unpaired) electrons. The van der Waals surface area contributed by atoms with Crippen molar-refractivity contribution in [2.24, 2.45) is 17.4 Å². The predicted octanol–water partition coefficient (Wildman–Crippen LogP) is 1.07. The van der Waals surface area contributed by atoms with E-state index >= 15 is 0 Å². The van der Waals surface area contributed by atoms with Crippen molar-refractivity contribution in [3.05, 3.63) is 71.8 Å². The summed E-state index contributed by atoms with van der Waals surface area (Å²) in [6.07, 6.45) is 1.44. The number of amides is 4. The molecule has 0 saturated carbocycles. The number of hydrogen-bond acceptors (Lipinski definition) is 8. The Morgan fingerprint density at radius 1 is 0.851 bits per heavy atom. The second kappa shape index (κ2) is 19.0. The standard InChI is InChI=1S/C34H48N6O6S/c1-22(2)18-27(31(42)37-26(14-9-15-35)33(44)40-16-17-47-29(21-40)34(45)46)39-32(43)28(20-24-12-7-4-8-13-24)38-30(41)25(36)19-23-10-5-3-6-11-23/h3-8,10-13,22,25-29H,9,14-21,35-36H2,1-2H3,(H,37,42)(H,38,41)(H,39,43)(H,45,46)/t25-,26-,27-,28-,29-/m1/s1. The Labute approximate surface area is 280 Å². The van der Waals surface area contributed by atoms with Crippen LogP contribution in [0.25, 0.3) is 0 Å². The normalized spacial score (nSPS) is 17.2. The van der Waals surface area contributed by atoms with Gasteiger partial charge in [0.15, 0.2) is 0 Å². The smallest absolute Gasteiger partial charge is 0.318 e. The number of nitrogens with one attached hydrogen (secondary N) is 3. The van der Waals surface area contributed by atoms with E-state index in [1.807, 2.05) is 74.5 Å². The third kappa shape index (κ3) is 12.3. The number of nitrogens with two attached hydrogens (primary N) is 2. The van der Waals surface area contributed by atoms with Gasteiger partial charge in [0.25, 0.3) is 0 Å². The number of benzene rings is 2. The van der Waals surface area contributed by atoms with E-state index in [9.17, 15) is 29.1 Å². The van der Waals surface area contributed by atoms with Gasteiger partial charge in [0.05, 0.1) is 6.04 Å². The van der Waals surface area contributed by atoms with Gasteiger partial charge >= 0.3 is 5.97 Å². The average molecular weight is 669 g/mol. The summed E-state index contributed by atoms with van der Waals surface area (Å²) in [7, 11) is 0. The minimum Gasteiger partial charge on any atom is -0.480 e. The van der Waals surface area contributed by atoms with Crippen LogP contribution in [0, 0.1) is 5.92 Å². The summed E-state index contributed by atoms with van der Waals surface area (Å²) in [6, 6.07) is 14.7. The molecule has 3 rings (SSSR count). The number of rotatable bonds is 17. The van der Waals surface area contributed by atoms with Crippen LogP contribution in [0.15, 0.2) is 60.7 Å². The Hall–Kier alpha value is -3.94. The molecular formula is C34H48N6O6S. The number of carboxylic acid groups (broad SMARTS) is 1. The number of carbonyl (C=O) groups is 5. The fraction of sp³-hybridized carbons (Fsp3) is 0.500. The van der Waals surface area contributed by atoms with E-state index in [1.54, 1.807) is 0 Å². The first-order valence-electron chi connectivity index (χ1n) is 16.1. The van der Waals surface area contributed by atoms with Crippen LogP contribution in [-0.4, -0.2) is 94.4 Å². The van der Waals surface area contributed by atoms with Crippen molar-refractivity contribution >= 4 is 41.4 Å². The minimum atomic E-state index is -1.03. The highest BCUT2D eigenvalue weighted by Crippen LogP contribution is 2.20. The van der Waals surface area contributed by atoms with Gasteiger partial charge in [-0.25, -0.2) is 0 Å². The Balaban J connectivity index is 1.77. The highest BCUT2D eigenvalue weighted by atomic mass is 32.2. The summed E-state index contributed by atoms with van der Waals surface area (Å²) in [5.74, 6) is -2.51. The van der Waals surface area contributed by atoms with Crippen LogP contribution in [0.4, 0.5) is 0 Å². The Kier molecular flexibility index (Phi) is 15.2. The monoisotopic (exact) mass is 668 g/mol. The van der Waals surface area contributed by atoms with Gasteiger partial charge in [0.2, 0.25) is 23.6 Å². The molecule has 2 aromatic carbocycles. The quantitative estimate of drug-likeness (QED) is 0.143. The zero-order valence-electron chi connectivity index (χ0n) is 27.1. The number of hydrogen-bond donors (Lipinski definition) is 6. The van der Waals surface area contributed by atoms with Crippen molar-refractivity contribution in [3.8, 4) is 0 Å². The molecule has 4 amide bonds. The van der Waals surface area contributed by atoms with Gasteiger partial charge in [-0.2, -0.15) is 0 Å². The summed E-state index contributed by atoms with van der Waals surface area (Å²) < 4.78 is 0. The number of aliphatic carboxylic acids is 1. The second-order valence-corrected chi connectivity index (χ2v) is 13.5. The van der Waals surface area contributed by atoms with Gasteiger partial charge in [0.1, 0.15) is 23.4 Å². The Bertz CT molecular complexity index is 1330. The maximum Gasteiger partial charge on any atom is 0.318 e. The summed E-state index contributed by atoms with van der Waals surface area (Å²) in [6.45, 7) is 4.52. The van der Waals surface area contributed by atoms with Gasteiger partial charge in [-0.15, -0.1) is 11.8 Å². The Morgan fingerprint density at radius 3 is 1.98 bits per heavy atom.